The third-order valence-electron chi connectivity index (χ3n) is 4.02. The number of hydrogen-bond donors (Lipinski definition) is 0. The van der Waals surface area contributed by atoms with E-state index in [1.54, 1.807) is 24.3 Å². The van der Waals surface area contributed by atoms with Crippen LogP contribution in [0.1, 0.15) is 12.5 Å². The number of amides is 2. The third kappa shape index (κ3) is 3.31. The minimum absolute atomic E-state index is 0.0811. The Kier molecular flexibility index (Phi) is 5.27. The van der Waals surface area contributed by atoms with Gasteiger partial charge >= 0.3 is 0 Å². The largest absolute Gasteiger partial charge is 0.495 e. The number of hydrogen-bond acceptors (Lipinski definition) is 6. The number of non-ortho nitro benzene ring substituents is 1. The summed E-state index contributed by atoms with van der Waals surface area (Å²) in [4.78, 5) is 37.9. The lowest BCUT2D eigenvalue weighted by Gasteiger charge is -2.18. The number of nitro benzene ring substituents is 1. The predicted octanol–water partition coefficient (Wildman–Crippen LogP) is 3.64. The third-order valence-corrected chi connectivity index (χ3v) is 4.98. The van der Waals surface area contributed by atoms with Crippen molar-refractivity contribution in [3.05, 3.63) is 69.1 Å². The Labute approximate surface area is 159 Å². The maximum atomic E-state index is 13.1. The number of nitrogens with zero attached hydrogens (tertiary/aromatic N) is 2. The van der Waals surface area contributed by atoms with Crippen molar-refractivity contribution in [1.82, 2.24) is 0 Å². The fraction of sp³-hybridized carbons (Fsp3) is 0.158. The van der Waals surface area contributed by atoms with Gasteiger partial charge in [-0.25, -0.2) is 4.90 Å². The normalized spacial score (nSPS) is 14.1. The molecule has 2 aromatic rings. The maximum Gasteiger partial charge on any atom is 0.272 e. The standard InChI is InChI=1S/C19H16N2O5S/c1-3-27-17-16(12-8-10-13(11-9-12)21(24)25)18(22)20(19(17)23)14-6-4-5-7-15(14)26-2/h4-11H,3H2,1-2H3. The highest BCUT2D eigenvalue weighted by molar-refractivity contribution is 8.04. The first-order valence-electron chi connectivity index (χ1n) is 8.13. The van der Waals surface area contributed by atoms with Gasteiger partial charge in [0.1, 0.15) is 5.75 Å². The van der Waals surface area contributed by atoms with Crippen LogP contribution in [-0.2, 0) is 9.59 Å². The van der Waals surface area contributed by atoms with Gasteiger partial charge in [-0.1, -0.05) is 19.1 Å². The molecule has 3 rings (SSSR count). The zero-order chi connectivity index (χ0) is 19.6. The van der Waals surface area contributed by atoms with Gasteiger partial charge in [-0.15, -0.1) is 11.8 Å². The molecule has 0 saturated carbocycles. The summed E-state index contributed by atoms with van der Waals surface area (Å²) in [5.74, 6) is 0.105. The van der Waals surface area contributed by atoms with Crippen molar-refractivity contribution in [3.8, 4) is 5.75 Å². The van der Waals surface area contributed by atoms with E-state index in [1.807, 2.05) is 6.92 Å². The molecule has 0 bridgehead atoms. The number of imide groups is 1. The molecule has 0 aliphatic carbocycles. The molecule has 27 heavy (non-hydrogen) atoms. The van der Waals surface area contributed by atoms with E-state index in [-0.39, 0.29) is 11.3 Å². The lowest BCUT2D eigenvalue weighted by atomic mass is 10.1. The molecule has 0 aromatic heterocycles. The van der Waals surface area contributed by atoms with Gasteiger partial charge in [-0.2, -0.15) is 0 Å². The van der Waals surface area contributed by atoms with Crippen molar-refractivity contribution in [2.45, 2.75) is 6.92 Å². The minimum Gasteiger partial charge on any atom is -0.495 e. The van der Waals surface area contributed by atoms with E-state index < -0.39 is 16.7 Å². The van der Waals surface area contributed by atoms with Crippen LogP contribution in [0.2, 0.25) is 0 Å². The zero-order valence-corrected chi connectivity index (χ0v) is 15.5. The Hall–Kier alpha value is -3.13. The Balaban J connectivity index is 2.09. The van der Waals surface area contributed by atoms with Gasteiger partial charge < -0.3 is 4.74 Å². The van der Waals surface area contributed by atoms with E-state index >= 15 is 0 Å². The van der Waals surface area contributed by atoms with E-state index in [0.717, 1.165) is 4.90 Å². The fourth-order valence-electron chi connectivity index (χ4n) is 2.83. The Bertz CT molecular complexity index is 953. The summed E-state index contributed by atoms with van der Waals surface area (Å²) < 4.78 is 5.29. The summed E-state index contributed by atoms with van der Waals surface area (Å²) in [5.41, 5.74) is 0.989. The highest BCUT2D eigenvalue weighted by atomic mass is 32.2. The van der Waals surface area contributed by atoms with Gasteiger partial charge in [0, 0.05) is 12.1 Å². The second-order valence-electron chi connectivity index (χ2n) is 5.56. The first-order valence-corrected chi connectivity index (χ1v) is 9.11. The predicted molar refractivity (Wildman–Crippen MR) is 104 cm³/mol. The fourth-order valence-corrected chi connectivity index (χ4v) is 3.68. The second-order valence-corrected chi connectivity index (χ2v) is 6.83. The van der Waals surface area contributed by atoms with Crippen LogP contribution >= 0.6 is 11.8 Å². The van der Waals surface area contributed by atoms with Crippen LogP contribution in [0.4, 0.5) is 11.4 Å². The lowest BCUT2D eigenvalue weighted by molar-refractivity contribution is -0.384. The summed E-state index contributed by atoms with van der Waals surface area (Å²) in [6.07, 6.45) is 0. The summed E-state index contributed by atoms with van der Waals surface area (Å²) in [5, 5.41) is 10.9. The molecule has 0 radical (unpaired) electrons. The number of carbonyl (C=O) groups excluding carboxylic acids is 2. The topological polar surface area (TPSA) is 89.8 Å². The van der Waals surface area contributed by atoms with E-state index in [2.05, 4.69) is 0 Å². The summed E-state index contributed by atoms with van der Waals surface area (Å²) >= 11 is 1.27. The highest BCUT2D eigenvalue weighted by Crippen LogP contribution is 2.41. The average Bonchev–Trinajstić information content (AvgIpc) is 2.92. The molecular weight excluding hydrogens is 368 g/mol. The molecule has 8 heteroatoms. The number of benzene rings is 2. The molecule has 1 heterocycles. The number of anilines is 1. The van der Waals surface area contributed by atoms with Crippen LogP contribution < -0.4 is 9.64 Å². The van der Waals surface area contributed by atoms with Crippen molar-refractivity contribution in [1.29, 1.82) is 0 Å². The second kappa shape index (κ2) is 7.63. The smallest absolute Gasteiger partial charge is 0.272 e. The zero-order valence-electron chi connectivity index (χ0n) is 14.7. The van der Waals surface area contributed by atoms with Crippen molar-refractivity contribution in [2.24, 2.45) is 0 Å². The first kappa shape index (κ1) is 18.7. The molecule has 2 amide bonds. The van der Waals surface area contributed by atoms with E-state index in [4.69, 9.17) is 4.74 Å². The van der Waals surface area contributed by atoms with Crippen LogP contribution in [0.5, 0.6) is 5.75 Å². The van der Waals surface area contributed by atoms with E-state index in [0.29, 0.717) is 27.7 Å². The van der Waals surface area contributed by atoms with Crippen LogP contribution in [0.15, 0.2) is 53.4 Å². The molecule has 0 atom stereocenters. The molecule has 1 aliphatic heterocycles. The van der Waals surface area contributed by atoms with Crippen molar-refractivity contribution in [2.75, 3.05) is 17.8 Å². The molecular formula is C19H16N2O5S. The number of nitro groups is 1. The molecule has 0 spiro atoms. The van der Waals surface area contributed by atoms with E-state index in [1.165, 1.54) is 43.1 Å². The van der Waals surface area contributed by atoms with Crippen molar-refractivity contribution < 1.29 is 19.2 Å². The quantitative estimate of drug-likeness (QED) is 0.429. The number of para-hydroxylation sites is 2. The van der Waals surface area contributed by atoms with Crippen LogP contribution in [0, 0.1) is 10.1 Å². The summed E-state index contributed by atoms with van der Waals surface area (Å²) in [7, 11) is 1.47. The van der Waals surface area contributed by atoms with Gasteiger partial charge in [0.2, 0.25) is 0 Å². The van der Waals surface area contributed by atoms with Gasteiger partial charge in [-0.3, -0.25) is 19.7 Å². The van der Waals surface area contributed by atoms with Crippen LogP contribution in [-0.4, -0.2) is 29.6 Å². The summed E-state index contributed by atoms with van der Waals surface area (Å²) in [6, 6.07) is 12.4. The van der Waals surface area contributed by atoms with Gasteiger partial charge in [-0.05, 0) is 35.6 Å². The summed E-state index contributed by atoms with van der Waals surface area (Å²) in [6.45, 7) is 1.88. The lowest BCUT2D eigenvalue weighted by Crippen LogP contribution is -2.31. The number of carbonyl (C=O) groups is 2. The van der Waals surface area contributed by atoms with Gasteiger partial charge in [0.15, 0.2) is 0 Å². The van der Waals surface area contributed by atoms with Crippen molar-refractivity contribution in [3.63, 3.8) is 0 Å². The van der Waals surface area contributed by atoms with Crippen LogP contribution in [0.3, 0.4) is 0 Å². The van der Waals surface area contributed by atoms with Crippen LogP contribution in [0.25, 0.3) is 5.57 Å². The first-order chi connectivity index (χ1) is 13.0. The number of ether oxygens (including phenoxy) is 1. The number of methoxy groups -OCH3 is 1. The molecule has 1 aliphatic rings. The Morgan fingerprint density at radius 1 is 1.07 bits per heavy atom. The SMILES string of the molecule is CCSC1=C(c2ccc([N+](=O)[O-])cc2)C(=O)N(c2ccccc2OC)C1=O. The van der Waals surface area contributed by atoms with E-state index in [9.17, 15) is 19.7 Å². The maximum absolute atomic E-state index is 13.1. The molecule has 138 valence electrons. The molecule has 0 N–H and O–H groups in total. The average molecular weight is 384 g/mol. The van der Waals surface area contributed by atoms with Gasteiger partial charge in [0.05, 0.1) is 28.2 Å². The monoisotopic (exact) mass is 384 g/mol. The van der Waals surface area contributed by atoms with Crippen molar-refractivity contribution >= 4 is 40.5 Å². The Morgan fingerprint density at radius 3 is 2.33 bits per heavy atom. The molecule has 0 unspecified atom stereocenters. The highest BCUT2D eigenvalue weighted by Gasteiger charge is 2.41. The number of thioether (sulfide) groups is 1. The molecule has 0 fully saturated rings. The molecule has 0 saturated heterocycles. The minimum atomic E-state index is -0.511. The Morgan fingerprint density at radius 2 is 1.74 bits per heavy atom. The molecule has 7 nitrogen and oxygen atoms in total. The molecule has 2 aromatic carbocycles. The number of rotatable bonds is 6. The van der Waals surface area contributed by atoms with Gasteiger partial charge in [0.25, 0.3) is 17.5 Å².